The fraction of sp³-hybridized carbons (Fsp3) is 0.769. The third-order valence-electron chi connectivity index (χ3n) is 3.76. The van der Waals surface area contributed by atoms with E-state index in [0.29, 0.717) is 24.1 Å². The number of thiazole rings is 1. The third kappa shape index (κ3) is 4.15. The summed E-state index contributed by atoms with van der Waals surface area (Å²) in [6, 6.07) is 0. The summed E-state index contributed by atoms with van der Waals surface area (Å²) in [6.45, 7) is 6.00. The molecule has 0 aliphatic carbocycles. The minimum atomic E-state index is -3.50. The second kappa shape index (κ2) is 7.04. The van der Waals surface area contributed by atoms with Crippen LogP contribution in [0.2, 0.25) is 0 Å². The van der Waals surface area contributed by atoms with Crippen LogP contribution in [0, 0.1) is 12.8 Å². The zero-order valence-corrected chi connectivity index (χ0v) is 14.5. The van der Waals surface area contributed by atoms with E-state index < -0.39 is 10.2 Å². The smallest absolute Gasteiger partial charge is 0.303 e. The summed E-state index contributed by atoms with van der Waals surface area (Å²) < 4.78 is 29.1. The molecule has 0 saturated carbocycles. The van der Waals surface area contributed by atoms with Crippen LogP contribution in [0.3, 0.4) is 0 Å². The Kier molecular flexibility index (Phi) is 5.59. The van der Waals surface area contributed by atoms with Gasteiger partial charge in [-0.25, -0.2) is 9.71 Å². The molecular weight excluding hydrogens is 308 g/mol. The molecule has 0 bridgehead atoms. The minimum Gasteiger partial charge on any atom is -0.319 e. The molecule has 1 aliphatic rings. The number of hydrogen-bond donors (Lipinski definition) is 2. The van der Waals surface area contributed by atoms with E-state index >= 15 is 0 Å². The molecule has 1 aromatic rings. The van der Waals surface area contributed by atoms with Crippen LogP contribution in [0.5, 0.6) is 0 Å². The Morgan fingerprint density at radius 2 is 2.24 bits per heavy atom. The van der Waals surface area contributed by atoms with Crippen molar-refractivity contribution in [2.24, 2.45) is 5.92 Å². The molecule has 1 aromatic heterocycles. The summed E-state index contributed by atoms with van der Waals surface area (Å²) in [7, 11) is -1.60. The van der Waals surface area contributed by atoms with Gasteiger partial charge in [0, 0.05) is 18.0 Å². The van der Waals surface area contributed by atoms with Gasteiger partial charge >= 0.3 is 10.2 Å². The number of anilines is 1. The first-order valence-corrected chi connectivity index (χ1v) is 9.60. The number of aromatic nitrogens is 1. The van der Waals surface area contributed by atoms with Crippen molar-refractivity contribution < 1.29 is 8.42 Å². The molecular formula is C13H24N4O2S2. The zero-order chi connectivity index (χ0) is 15.5. The summed E-state index contributed by atoms with van der Waals surface area (Å²) in [5, 5.41) is 3.60. The van der Waals surface area contributed by atoms with Crippen molar-refractivity contribution in [3.05, 3.63) is 10.6 Å². The lowest BCUT2D eigenvalue weighted by molar-refractivity contribution is 0.264. The summed E-state index contributed by atoms with van der Waals surface area (Å²) in [5.74, 6) is 0.379. The first kappa shape index (κ1) is 16.7. The van der Waals surface area contributed by atoms with Crippen LogP contribution < -0.4 is 10.0 Å². The van der Waals surface area contributed by atoms with E-state index in [1.807, 2.05) is 20.9 Å². The molecule has 21 heavy (non-hydrogen) atoms. The normalized spacial score (nSPS) is 20.6. The van der Waals surface area contributed by atoms with E-state index in [9.17, 15) is 8.42 Å². The largest absolute Gasteiger partial charge is 0.319 e. The van der Waals surface area contributed by atoms with Gasteiger partial charge in [-0.3, -0.25) is 0 Å². The number of rotatable bonds is 6. The number of piperidine rings is 1. The molecule has 2 heterocycles. The van der Waals surface area contributed by atoms with Crippen LogP contribution in [0.4, 0.5) is 5.13 Å². The van der Waals surface area contributed by atoms with Gasteiger partial charge in [-0.15, -0.1) is 11.3 Å². The Morgan fingerprint density at radius 1 is 1.48 bits per heavy atom. The topological polar surface area (TPSA) is 74.3 Å². The van der Waals surface area contributed by atoms with Crippen molar-refractivity contribution >= 4 is 26.7 Å². The van der Waals surface area contributed by atoms with Gasteiger partial charge in [0.05, 0.1) is 5.69 Å². The lowest BCUT2D eigenvalue weighted by atomic mass is 10.00. The number of nitrogens with zero attached hydrogens (tertiary/aromatic N) is 2. The van der Waals surface area contributed by atoms with Crippen molar-refractivity contribution in [2.45, 2.75) is 33.1 Å². The fourth-order valence-electron chi connectivity index (χ4n) is 2.68. The van der Waals surface area contributed by atoms with E-state index in [1.165, 1.54) is 11.3 Å². The Bertz CT molecular complexity index is 569. The maximum absolute atomic E-state index is 12.5. The van der Waals surface area contributed by atoms with E-state index in [2.05, 4.69) is 15.0 Å². The molecule has 0 amide bonds. The van der Waals surface area contributed by atoms with Crippen molar-refractivity contribution in [3.8, 4) is 0 Å². The quantitative estimate of drug-likeness (QED) is 0.830. The van der Waals surface area contributed by atoms with Crippen LogP contribution >= 0.6 is 11.3 Å². The molecule has 0 spiro atoms. The molecule has 0 aromatic carbocycles. The molecule has 0 radical (unpaired) electrons. The number of nitrogens with one attached hydrogen (secondary N) is 2. The first-order valence-electron chi connectivity index (χ1n) is 7.35. The minimum absolute atomic E-state index is 0.379. The highest BCUT2D eigenvalue weighted by atomic mass is 32.2. The van der Waals surface area contributed by atoms with Crippen molar-refractivity contribution in [1.29, 1.82) is 0 Å². The van der Waals surface area contributed by atoms with Gasteiger partial charge < -0.3 is 5.32 Å². The molecule has 1 unspecified atom stereocenters. The molecule has 1 saturated heterocycles. The Labute approximate surface area is 131 Å². The molecule has 1 atom stereocenters. The van der Waals surface area contributed by atoms with E-state index in [4.69, 9.17) is 0 Å². The standard InChI is InChI=1S/C13H24N4O2S2/c1-4-12-10(2)20-13(15-12)16-21(18,19)17-7-5-6-11(9-17)8-14-3/h11,14H,4-9H2,1-3H3,(H,15,16). The number of aryl methyl sites for hydroxylation is 2. The third-order valence-corrected chi connectivity index (χ3v) is 6.28. The maximum atomic E-state index is 12.5. The SMILES string of the molecule is CCc1nc(NS(=O)(=O)N2CCCC(CNC)C2)sc1C. The van der Waals surface area contributed by atoms with E-state index in [-0.39, 0.29) is 0 Å². The van der Waals surface area contributed by atoms with Crippen molar-refractivity contribution in [2.75, 3.05) is 31.4 Å². The molecule has 2 rings (SSSR count). The van der Waals surface area contributed by atoms with Gasteiger partial charge in [-0.05, 0) is 45.7 Å². The highest BCUT2D eigenvalue weighted by Gasteiger charge is 2.29. The van der Waals surface area contributed by atoms with Crippen LogP contribution in [-0.2, 0) is 16.6 Å². The average molecular weight is 332 g/mol. The molecule has 6 nitrogen and oxygen atoms in total. The summed E-state index contributed by atoms with van der Waals surface area (Å²) in [5.41, 5.74) is 0.962. The van der Waals surface area contributed by atoms with Crippen LogP contribution in [0.25, 0.3) is 0 Å². The fourth-order valence-corrected chi connectivity index (χ4v) is 5.08. The molecule has 8 heteroatoms. The van der Waals surface area contributed by atoms with E-state index in [1.54, 1.807) is 4.31 Å². The second-order valence-electron chi connectivity index (χ2n) is 5.41. The van der Waals surface area contributed by atoms with Gasteiger partial charge in [0.1, 0.15) is 0 Å². The van der Waals surface area contributed by atoms with Gasteiger partial charge in [0.15, 0.2) is 5.13 Å². The predicted molar refractivity (Wildman–Crippen MR) is 87.0 cm³/mol. The maximum Gasteiger partial charge on any atom is 0.303 e. The highest BCUT2D eigenvalue weighted by Crippen LogP contribution is 2.25. The molecule has 1 fully saturated rings. The molecule has 2 N–H and O–H groups in total. The Morgan fingerprint density at radius 3 is 2.86 bits per heavy atom. The molecule has 120 valence electrons. The van der Waals surface area contributed by atoms with Crippen molar-refractivity contribution in [3.63, 3.8) is 0 Å². The van der Waals surface area contributed by atoms with Crippen molar-refractivity contribution in [1.82, 2.24) is 14.6 Å². The van der Waals surface area contributed by atoms with E-state index in [0.717, 1.165) is 36.4 Å². The predicted octanol–water partition coefficient (Wildman–Crippen LogP) is 1.60. The highest BCUT2D eigenvalue weighted by molar-refractivity contribution is 7.90. The monoisotopic (exact) mass is 332 g/mol. The first-order chi connectivity index (χ1) is 9.96. The van der Waals surface area contributed by atoms with Gasteiger partial charge in [0.25, 0.3) is 0 Å². The Hall–Kier alpha value is -0.700. The zero-order valence-electron chi connectivity index (χ0n) is 12.8. The lowest BCUT2D eigenvalue weighted by Gasteiger charge is -2.31. The molecule has 1 aliphatic heterocycles. The Balaban J connectivity index is 2.06. The van der Waals surface area contributed by atoms with Crippen LogP contribution in [-0.4, -0.2) is 44.4 Å². The summed E-state index contributed by atoms with van der Waals surface area (Å²) in [4.78, 5) is 5.42. The lowest BCUT2D eigenvalue weighted by Crippen LogP contribution is -2.44. The van der Waals surface area contributed by atoms with Crippen LogP contribution in [0.1, 0.15) is 30.3 Å². The second-order valence-corrected chi connectivity index (χ2v) is 8.28. The number of hydrogen-bond acceptors (Lipinski definition) is 5. The van der Waals surface area contributed by atoms with Gasteiger partial charge in [-0.1, -0.05) is 6.92 Å². The van der Waals surface area contributed by atoms with Gasteiger partial charge in [-0.2, -0.15) is 12.7 Å². The van der Waals surface area contributed by atoms with Crippen LogP contribution in [0.15, 0.2) is 0 Å². The summed E-state index contributed by atoms with van der Waals surface area (Å²) >= 11 is 1.40. The summed E-state index contributed by atoms with van der Waals surface area (Å²) in [6.07, 6.45) is 2.80. The average Bonchev–Trinajstić information content (AvgIpc) is 2.78. The van der Waals surface area contributed by atoms with Gasteiger partial charge in [0.2, 0.25) is 0 Å².